The largest absolute Gasteiger partial charge is 0.454 e. The van der Waals surface area contributed by atoms with Crippen LogP contribution in [0.1, 0.15) is 23.2 Å². The van der Waals surface area contributed by atoms with Crippen LogP contribution >= 0.6 is 0 Å². The third-order valence-corrected chi connectivity index (χ3v) is 6.29. The molecule has 0 unspecified atom stereocenters. The highest BCUT2D eigenvalue weighted by molar-refractivity contribution is 5.99. The van der Waals surface area contributed by atoms with Gasteiger partial charge in [-0.2, -0.15) is 0 Å². The van der Waals surface area contributed by atoms with Gasteiger partial charge >= 0.3 is 0 Å². The maximum absolute atomic E-state index is 13.8. The molecule has 9 heteroatoms. The molecule has 0 bridgehead atoms. The molecule has 1 aromatic heterocycles. The molecule has 0 radical (unpaired) electrons. The number of amides is 1. The lowest BCUT2D eigenvalue weighted by molar-refractivity contribution is 0.0660. The van der Waals surface area contributed by atoms with E-state index in [1.165, 1.54) is 18.3 Å². The van der Waals surface area contributed by atoms with Gasteiger partial charge < -0.3 is 24.6 Å². The number of hydrogen-bond donors (Lipinski definition) is 1. The molecule has 2 aliphatic heterocycles. The number of carbonyl (C=O) groups is 1. The number of fused-ring (bicyclic) bond motifs is 1. The second kappa shape index (κ2) is 9.26. The SMILES string of the molecule is CN1CCC(N(C)C(=O)c2cnc(-c3ccc4c(c3)OCO4)nc2Nc2cccc(F)c2)CC1. The summed E-state index contributed by atoms with van der Waals surface area (Å²) in [6.07, 6.45) is 3.34. The Morgan fingerprint density at radius 1 is 1.15 bits per heavy atom. The van der Waals surface area contributed by atoms with Crippen LogP contribution in [0, 0.1) is 5.82 Å². The van der Waals surface area contributed by atoms with Crippen molar-refractivity contribution in [3.8, 4) is 22.9 Å². The van der Waals surface area contributed by atoms with Gasteiger partial charge in [0.1, 0.15) is 17.2 Å². The van der Waals surface area contributed by atoms with E-state index in [4.69, 9.17) is 9.47 Å². The van der Waals surface area contributed by atoms with Crippen LogP contribution in [-0.4, -0.2) is 65.7 Å². The summed E-state index contributed by atoms with van der Waals surface area (Å²) in [6.45, 7) is 2.05. The lowest BCUT2D eigenvalue weighted by atomic mass is 10.0. The van der Waals surface area contributed by atoms with E-state index in [1.807, 2.05) is 13.1 Å². The Labute approximate surface area is 197 Å². The number of ether oxygens (including phenoxy) is 2. The summed E-state index contributed by atoms with van der Waals surface area (Å²) in [4.78, 5) is 26.6. The fourth-order valence-electron chi connectivity index (χ4n) is 4.25. The smallest absolute Gasteiger partial charge is 0.259 e. The Morgan fingerprint density at radius 3 is 2.74 bits per heavy atom. The number of nitrogens with zero attached hydrogens (tertiary/aromatic N) is 4. The lowest BCUT2D eigenvalue weighted by Crippen LogP contribution is -2.44. The van der Waals surface area contributed by atoms with Crippen molar-refractivity contribution in [1.29, 1.82) is 0 Å². The van der Waals surface area contributed by atoms with Crippen LogP contribution in [0.25, 0.3) is 11.4 Å². The molecule has 5 rings (SSSR count). The molecule has 8 nitrogen and oxygen atoms in total. The van der Waals surface area contributed by atoms with Crippen LogP contribution in [0.2, 0.25) is 0 Å². The molecule has 0 atom stereocenters. The van der Waals surface area contributed by atoms with Crippen molar-refractivity contribution in [1.82, 2.24) is 19.8 Å². The van der Waals surface area contributed by atoms with Gasteiger partial charge in [-0.05, 0) is 69.4 Å². The molecule has 3 heterocycles. The Bertz CT molecular complexity index is 1210. The van der Waals surface area contributed by atoms with E-state index in [0.29, 0.717) is 40.0 Å². The van der Waals surface area contributed by atoms with Crippen molar-refractivity contribution < 1.29 is 18.7 Å². The Hall–Kier alpha value is -3.72. The fourth-order valence-corrected chi connectivity index (χ4v) is 4.25. The molecule has 34 heavy (non-hydrogen) atoms. The molecule has 1 fully saturated rings. The summed E-state index contributed by atoms with van der Waals surface area (Å²) in [7, 11) is 3.90. The number of rotatable bonds is 5. The number of nitrogens with one attached hydrogen (secondary N) is 1. The quantitative estimate of drug-likeness (QED) is 0.614. The highest BCUT2D eigenvalue weighted by Gasteiger charge is 2.27. The first-order valence-corrected chi connectivity index (χ1v) is 11.2. The first-order valence-electron chi connectivity index (χ1n) is 11.2. The fraction of sp³-hybridized carbons (Fsp3) is 0.320. The molecule has 2 aliphatic rings. The minimum atomic E-state index is -0.383. The molecule has 0 aliphatic carbocycles. The first kappa shape index (κ1) is 22.1. The van der Waals surface area contributed by atoms with Gasteiger partial charge in [-0.15, -0.1) is 0 Å². The molecule has 0 spiro atoms. The van der Waals surface area contributed by atoms with E-state index in [9.17, 15) is 9.18 Å². The van der Waals surface area contributed by atoms with E-state index >= 15 is 0 Å². The summed E-state index contributed by atoms with van der Waals surface area (Å²) in [5, 5.41) is 3.12. The van der Waals surface area contributed by atoms with Crippen LogP contribution in [0.3, 0.4) is 0 Å². The predicted molar refractivity (Wildman–Crippen MR) is 126 cm³/mol. The molecular weight excluding hydrogens is 437 g/mol. The number of anilines is 2. The Morgan fingerprint density at radius 2 is 1.94 bits per heavy atom. The van der Waals surface area contributed by atoms with Gasteiger partial charge in [-0.3, -0.25) is 4.79 Å². The maximum Gasteiger partial charge on any atom is 0.259 e. The minimum absolute atomic E-state index is 0.138. The zero-order valence-electron chi connectivity index (χ0n) is 19.1. The van der Waals surface area contributed by atoms with Gasteiger partial charge in [0.25, 0.3) is 5.91 Å². The molecule has 3 aromatic rings. The second-order valence-electron chi connectivity index (χ2n) is 8.61. The second-order valence-corrected chi connectivity index (χ2v) is 8.61. The normalized spacial score (nSPS) is 15.9. The zero-order valence-corrected chi connectivity index (χ0v) is 19.1. The molecule has 2 aromatic carbocycles. The van der Waals surface area contributed by atoms with Crippen molar-refractivity contribution in [3.63, 3.8) is 0 Å². The molecule has 1 saturated heterocycles. The Kier molecular flexibility index (Phi) is 6.02. The summed E-state index contributed by atoms with van der Waals surface area (Å²) >= 11 is 0. The van der Waals surface area contributed by atoms with Crippen molar-refractivity contribution >= 4 is 17.4 Å². The van der Waals surface area contributed by atoms with Crippen molar-refractivity contribution in [3.05, 3.63) is 60.0 Å². The van der Waals surface area contributed by atoms with Crippen molar-refractivity contribution in [2.75, 3.05) is 39.3 Å². The summed E-state index contributed by atoms with van der Waals surface area (Å²) in [5.74, 6) is 1.45. The van der Waals surface area contributed by atoms with Gasteiger partial charge in [0.05, 0.1) is 0 Å². The summed E-state index contributed by atoms with van der Waals surface area (Å²) < 4.78 is 24.7. The highest BCUT2D eigenvalue weighted by atomic mass is 19.1. The van der Waals surface area contributed by atoms with E-state index in [2.05, 4.69) is 27.2 Å². The van der Waals surface area contributed by atoms with E-state index in [1.54, 1.807) is 29.2 Å². The minimum Gasteiger partial charge on any atom is -0.454 e. The highest BCUT2D eigenvalue weighted by Crippen LogP contribution is 2.35. The van der Waals surface area contributed by atoms with Crippen molar-refractivity contribution in [2.24, 2.45) is 0 Å². The van der Waals surface area contributed by atoms with Crippen LogP contribution in [0.4, 0.5) is 15.9 Å². The molecule has 1 amide bonds. The first-order chi connectivity index (χ1) is 16.5. The van der Waals surface area contributed by atoms with Gasteiger partial charge in [-0.25, -0.2) is 14.4 Å². The van der Waals surface area contributed by atoms with Crippen LogP contribution < -0.4 is 14.8 Å². The average molecular weight is 464 g/mol. The molecular formula is C25H26FN5O3. The van der Waals surface area contributed by atoms with Gasteiger partial charge in [-0.1, -0.05) is 6.07 Å². The summed E-state index contributed by atoms with van der Waals surface area (Å²) in [5.41, 5.74) is 1.54. The van der Waals surface area contributed by atoms with E-state index < -0.39 is 0 Å². The number of carbonyl (C=O) groups excluding carboxylic acids is 1. The number of piperidine rings is 1. The standard InChI is InChI=1S/C25H26FN5O3/c1-30-10-8-19(9-11-30)31(2)25(32)20-14-27-23(16-6-7-21-22(12-16)34-15-33-21)29-24(20)28-18-5-3-4-17(26)13-18/h3-7,12-14,19H,8-11,15H2,1-2H3,(H,27,28,29). The monoisotopic (exact) mass is 463 g/mol. The van der Waals surface area contributed by atoms with Crippen LogP contribution in [0.15, 0.2) is 48.7 Å². The number of likely N-dealkylation sites (tertiary alicyclic amines) is 1. The zero-order chi connectivity index (χ0) is 23.7. The predicted octanol–water partition coefficient (Wildman–Crippen LogP) is 3.92. The molecule has 1 N–H and O–H groups in total. The third-order valence-electron chi connectivity index (χ3n) is 6.29. The number of hydrogen-bond acceptors (Lipinski definition) is 7. The van der Waals surface area contributed by atoms with Gasteiger partial charge in [0, 0.05) is 30.5 Å². The van der Waals surface area contributed by atoms with E-state index in [-0.39, 0.29) is 24.6 Å². The molecule has 176 valence electrons. The lowest BCUT2D eigenvalue weighted by Gasteiger charge is -2.35. The van der Waals surface area contributed by atoms with E-state index in [0.717, 1.165) is 25.9 Å². The van der Waals surface area contributed by atoms with Crippen molar-refractivity contribution in [2.45, 2.75) is 18.9 Å². The van der Waals surface area contributed by atoms with Crippen LogP contribution in [0.5, 0.6) is 11.5 Å². The Balaban J connectivity index is 1.49. The maximum atomic E-state index is 13.8. The number of aromatic nitrogens is 2. The average Bonchev–Trinajstić information content (AvgIpc) is 3.32. The number of benzene rings is 2. The van der Waals surface area contributed by atoms with Gasteiger partial charge in [0.2, 0.25) is 6.79 Å². The third kappa shape index (κ3) is 4.51. The van der Waals surface area contributed by atoms with Crippen LogP contribution in [-0.2, 0) is 0 Å². The topological polar surface area (TPSA) is 79.8 Å². The van der Waals surface area contributed by atoms with Gasteiger partial charge in [0.15, 0.2) is 17.3 Å². The molecule has 0 saturated carbocycles. The number of halogens is 1. The summed E-state index contributed by atoms with van der Waals surface area (Å²) in [6, 6.07) is 11.6.